The van der Waals surface area contributed by atoms with Gasteiger partial charge in [-0.2, -0.15) is 0 Å². The van der Waals surface area contributed by atoms with Gasteiger partial charge in [0.25, 0.3) is 0 Å². The molecule has 0 rings (SSSR count). The molecule has 13 heavy (non-hydrogen) atoms. The van der Waals surface area contributed by atoms with Crippen LogP contribution in [0.5, 0.6) is 0 Å². The number of hydrogen-bond acceptors (Lipinski definition) is 2. The van der Waals surface area contributed by atoms with Gasteiger partial charge in [-0.3, -0.25) is 0 Å². The molecule has 2 heteroatoms. The van der Waals surface area contributed by atoms with Gasteiger partial charge in [-0.05, 0) is 32.6 Å². The highest BCUT2D eigenvalue weighted by Crippen LogP contribution is 2.07. The predicted molar refractivity (Wildman–Crippen MR) is 55.7 cm³/mol. The molecule has 0 amide bonds. The Kier molecular flexibility index (Phi) is 7.29. The molecule has 0 saturated carbocycles. The van der Waals surface area contributed by atoms with Crippen molar-refractivity contribution in [3.05, 3.63) is 0 Å². The Bertz CT molecular complexity index is 111. The number of hydrogen-bond donors (Lipinski definition) is 0. The van der Waals surface area contributed by atoms with E-state index in [1.165, 1.54) is 0 Å². The monoisotopic (exact) mass is 188 g/mol. The van der Waals surface area contributed by atoms with Crippen LogP contribution in [0.3, 0.4) is 0 Å². The van der Waals surface area contributed by atoms with E-state index >= 15 is 0 Å². The molecule has 0 spiro atoms. The first-order chi connectivity index (χ1) is 6.06. The average molecular weight is 188 g/mol. The van der Waals surface area contributed by atoms with Crippen molar-refractivity contribution in [2.45, 2.75) is 59.9 Å². The smallest absolute Gasteiger partial charge is 0.157 e. The maximum Gasteiger partial charge on any atom is 0.157 e. The number of rotatable bonds is 7. The Morgan fingerprint density at radius 2 is 1.69 bits per heavy atom. The zero-order valence-electron chi connectivity index (χ0n) is 9.67. The summed E-state index contributed by atoms with van der Waals surface area (Å²) < 4.78 is 11.1. The molecule has 0 aromatic rings. The van der Waals surface area contributed by atoms with Crippen molar-refractivity contribution in [1.29, 1.82) is 0 Å². The molecule has 0 fully saturated rings. The van der Waals surface area contributed by atoms with Crippen LogP contribution in [-0.2, 0) is 9.47 Å². The molecule has 0 aliphatic carbocycles. The van der Waals surface area contributed by atoms with Gasteiger partial charge in [0.1, 0.15) is 0 Å². The Morgan fingerprint density at radius 3 is 2.08 bits per heavy atom. The summed E-state index contributed by atoms with van der Waals surface area (Å²) in [6.45, 7) is 11.4. The standard InChI is InChI=1S/C11H24O2/c1-6-11(13-10(4)5)12-8-7-9(2)3/h9-11H,6-8H2,1-5H3. The van der Waals surface area contributed by atoms with E-state index in [4.69, 9.17) is 9.47 Å². The lowest BCUT2D eigenvalue weighted by Gasteiger charge is -2.19. The molecule has 0 heterocycles. The van der Waals surface area contributed by atoms with E-state index in [9.17, 15) is 0 Å². The Hall–Kier alpha value is -0.0800. The Morgan fingerprint density at radius 1 is 1.08 bits per heavy atom. The van der Waals surface area contributed by atoms with Crippen molar-refractivity contribution in [3.8, 4) is 0 Å². The largest absolute Gasteiger partial charge is 0.353 e. The van der Waals surface area contributed by atoms with Gasteiger partial charge in [0.05, 0.1) is 6.10 Å². The van der Waals surface area contributed by atoms with Crippen LogP contribution < -0.4 is 0 Å². The molecule has 0 bridgehead atoms. The van der Waals surface area contributed by atoms with E-state index in [1.54, 1.807) is 0 Å². The van der Waals surface area contributed by atoms with Crippen LogP contribution in [0.1, 0.15) is 47.5 Å². The molecule has 0 aromatic carbocycles. The lowest BCUT2D eigenvalue weighted by atomic mass is 10.1. The Balaban J connectivity index is 3.48. The summed E-state index contributed by atoms with van der Waals surface area (Å²) in [5.41, 5.74) is 0. The van der Waals surface area contributed by atoms with Gasteiger partial charge >= 0.3 is 0 Å². The van der Waals surface area contributed by atoms with E-state index in [-0.39, 0.29) is 12.4 Å². The summed E-state index contributed by atoms with van der Waals surface area (Å²) in [4.78, 5) is 0. The molecule has 0 aliphatic heterocycles. The van der Waals surface area contributed by atoms with Crippen molar-refractivity contribution < 1.29 is 9.47 Å². The van der Waals surface area contributed by atoms with E-state index in [0.717, 1.165) is 19.4 Å². The fourth-order valence-corrected chi connectivity index (χ4v) is 0.992. The van der Waals surface area contributed by atoms with Crippen molar-refractivity contribution in [2.75, 3.05) is 6.61 Å². The second kappa shape index (κ2) is 7.34. The minimum Gasteiger partial charge on any atom is -0.353 e. The van der Waals surface area contributed by atoms with Gasteiger partial charge in [0.2, 0.25) is 0 Å². The zero-order valence-corrected chi connectivity index (χ0v) is 9.67. The van der Waals surface area contributed by atoms with Crippen LogP contribution in [0.2, 0.25) is 0 Å². The van der Waals surface area contributed by atoms with E-state index in [0.29, 0.717) is 5.92 Å². The predicted octanol–water partition coefficient (Wildman–Crippen LogP) is 3.21. The summed E-state index contributed by atoms with van der Waals surface area (Å²) >= 11 is 0. The third-order valence-electron chi connectivity index (χ3n) is 1.76. The minimum atomic E-state index is -0.0150. The van der Waals surface area contributed by atoms with Gasteiger partial charge in [-0.1, -0.05) is 20.8 Å². The highest BCUT2D eigenvalue weighted by Gasteiger charge is 2.08. The normalized spacial score (nSPS) is 14.1. The van der Waals surface area contributed by atoms with Gasteiger partial charge in [0.15, 0.2) is 6.29 Å². The maximum absolute atomic E-state index is 5.59. The molecule has 0 aromatic heterocycles. The molecular formula is C11H24O2. The zero-order chi connectivity index (χ0) is 10.3. The highest BCUT2D eigenvalue weighted by atomic mass is 16.7. The fourth-order valence-electron chi connectivity index (χ4n) is 0.992. The molecular weight excluding hydrogens is 164 g/mol. The minimum absolute atomic E-state index is 0.0150. The molecule has 0 saturated heterocycles. The van der Waals surface area contributed by atoms with Crippen molar-refractivity contribution >= 4 is 0 Å². The van der Waals surface area contributed by atoms with Crippen LogP contribution in [-0.4, -0.2) is 19.0 Å². The molecule has 0 radical (unpaired) electrons. The molecule has 2 nitrogen and oxygen atoms in total. The lowest BCUT2D eigenvalue weighted by molar-refractivity contribution is -0.165. The summed E-state index contributed by atoms with van der Waals surface area (Å²) in [6, 6.07) is 0. The van der Waals surface area contributed by atoms with Crippen LogP contribution in [0.25, 0.3) is 0 Å². The number of ether oxygens (including phenoxy) is 2. The third kappa shape index (κ3) is 8.26. The van der Waals surface area contributed by atoms with Gasteiger partial charge in [-0.15, -0.1) is 0 Å². The average Bonchev–Trinajstić information content (AvgIpc) is 2.01. The third-order valence-corrected chi connectivity index (χ3v) is 1.76. The van der Waals surface area contributed by atoms with Crippen molar-refractivity contribution in [2.24, 2.45) is 5.92 Å². The van der Waals surface area contributed by atoms with Crippen LogP contribution in [0, 0.1) is 5.92 Å². The topological polar surface area (TPSA) is 18.5 Å². The van der Waals surface area contributed by atoms with Crippen LogP contribution >= 0.6 is 0 Å². The first kappa shape index (κ1) is 12.9. The van der Waals surface area contributed by atoms with Crippen molar-refractivity contribution in [1.82, 2.24) is 0 Å². The molecule has 0 aliphatic rings. The van der Waals surface area contributed by atoms with E-state index < -0.39 is 0 Å². The summed E-state index contributed by atoms with van der Waals surface area (Å²) in [5.74, 6) is 0.705. The summed E-state index contributed by atoms with van der Waals surface area (Å²) in [5, 5.41) is 0. The summed E-state index contributed by atoms with van der Waals surface area (Å²) in [6.07, 6.45) is 2.27. The molecule has 80 valence electrons. The molecule has 1 atom stereocenters. The fraction of sp³-hybridized carbons (Fsp3) is 1.00. The highest BCUT2D eigenvalue weighted by molar-refractivity contribution is 4.47. The lowest BCUT2D eigenvalue weighted by Crippen LogP contribution is -2.21. The van der Waals surface area contributed by atoms with Gasteiger partial charge < -0.3 is 9.47 Å². The van der Waals surface area contributed by atoms with E-state index in [2.05, 4.69) is 20.8 Å². The van der Waals surface area contributed by atoms with Crippen LogP contribution in [0.4, 0.5) is 0 Å². The van der Waals surface area contributed by atoms with Gasteiger partial charge in [-0.25, -0.2) is 0 Å². The first-order valence-electron chi connectivity index (χ1n) is 5.33. The Labute approximate surface area is 82.6 Å². The molecule has 0 N–H and O–H groups in total. The molecule has 1 unspecified atom stereocenters. The first-order valence-corrected chi connectivity index (χ1v) is 5.33. The summed E-state index contributed by atoms with van der Waals surface area (Å²) in [7, 11) is 0. The van der Waals surface area contributed by atoms with Gasteiger partial charge in [0, 0.05) is 6.61 Å². The second-order valence-corrected chi connectivity index (χ2v) is 4.08. The SMILES string of the molecule is CCC(OCCC(C)C)OC(C)C. The second-order valence-electron chi connectivity index (χ2n) is 4.08. The maximum atomic E-state index is 5.59. The quantitative estimate of drug-likeness (QED) is 0.571. The van der Waals surface area contributed by atoms with E-state index in [1.807, 2.05) is 13.8 Å². The van der Waals surface area contributed by atoms with Crippen molar-refractivity contribution in [3.63, 3.8) is 0 Å². The van der Waals surface area contributed by atoms with Crippen LogP contribution in [0.15, 0.2) is 0 Å².